The number of aromatic nitrogens is 2. The Kier molecular flexibility index (Phi) is 4.37. The van der Waals surface area contributed by atoms with E-state index in [1.165, 1.54) is 0 Å². The van der Waals surface area contributed by atoms with Crippen LogP contribution >= 0.6 is 11.6 Å². The van der Waals surface area contributed by atoms with E-state index in [0.717, 1.165) is 24.4 Å². The van der Waals surface area contributed by atoms with Crippen molar-refractivity contribution in [1.82, 2.24) is 9.55 Å². The van der Waals surface area contributed by atoms with Crippen molar-refractivity contribution >= 4 is 11.6 Å². The molecule has 0 atom stereocenters. The summed E-state index contributed by atoms with van der Waals surface area (Å²) in [7, 11) is 0. The Morgan fingerprint density at radius 2 is 1.81 bits per heavy atom. The lowest BCUT2D eigenvalue weighted by Crippen LogP contribution is -2.07. The summed E-state index contributed by atoms with van der Waals surface area (Å²) in [5.74, 6) is 1.71. The topological polar surface area (TPSA) is 41.6 Å². The molecule has 0 fully saturated rings. The highest BCUT2D eigenvalue weighted by atomic mass is 35.5. The van der Waals surface area contributed by atoms with Crippen LogP contribution in [-0.2, 0) is 12.8 Å². The van der Waals surface area contributed by atoms with Crippen LogP contribution < -0.4 is 0 Å². The normalized spacial score (nSPS) is 11.1. The monoisotopic (exact) mass is 239 g/mol. The van der Waals surface area contributed by atoms with Crippen molar-refractivity contribution in [2.45, 2.75) is 40.5 Å². The molecule has 1 aromatic rings. The summed E-state index contributed by atoms with van der Waals surface area (Å²) in [4.78, 5) is 4.28. The molecule has 0 radical (unpaired) electrons. The fraction of sp³-hybridized carbons (Fsp3) is 0.667. The molecule has 0 aliphatic carbocycles. The van der Waals surface area contributed by atoms with E-state index in [0.29, 0.717) is 17.0 Å². The first-order chi connectivity index (χ1) is 7.45. The maximum atomic E-state index is 9.15. The van der Waals surface area contributed by atoms with Crippen molar-refractivity contribution in [2.24, 2.45) is 11.8 Å². The molecule has 3 nitrogen and oxygen atoms in total. The third-order valence-electron chi connectivity index (χ3n) is 2.29. The number of imidazole rings is 1. The molecule has 0 aromatic carbocycles. The minimum atomic E-state index is 0.466. The van der Waals surface area contributed by atoms with E-state index in [1.54, 1.807) is 4.57 Å². The second-order valence-corrected chi connectivity index (χ2v) is 5.25. The zero-order chi connectivity index (χ0) is 12.3. The van der Waals surface area contributed by atoms with Crippen molar-refractivity contribution < 1.29 is 0 Å². The molecule has 0 aliphatic rings. The van der Waals surface area contributed by atoms with Gasteiger partial charge in [-0.25, -0.2) is 9.55 Å². The molecule has 1 heterocycles. The van der Waals surface area contributed by atoms with Gasteiger partial charge in [-0.15, -0.1) is 0 Å². The number of rotatable bonds is 4. The summed E-state index contributed by atoms with van der Waals surface area (Å²) in [6.07, 6.45) is 3.74. The summed E-state index contributed by atoms with van der Waals surface area (Å²) >= 11 is 6.07. The predicted molar refractivity (Wildman–Crippen MR) is 65.3 cm³/mol. The number of nitriles is 1. The van der Waals surface area contributed by atoms with Gasteiger partial charge in [0.2, 0.25) is 0 Å². The van der Waals surface area contributed by atoms with Gasteiger partial charge in [-0.05, 0) is 18.3 Å². The summed E-state index contributed by atoms with van der Waals surface area (Å²) < 4.78 is 1.59. The molecule has 0 saturated carbocycles. The van der Waals surface area contributed by atoms with Crippen LogP contribution in [-0.4, -0.2) is 9.55 Å². The molecule has 0 spiro atoms. The highest BCUT2D eigenvalue weighted by Crippen LogP contribution is 2.21. The molecule has 0 N–H and O–H groups in total. The Balaban J connectivity index is 3.09. The summed E-state index contributed by atoms with van der Waals surface area (Å²) in [6.45, 7) is 8.42. The SMILES string of the molecule is CC(C)Cc1nc(Cl)c(CC(C)C)n1C#N. The molecular formula is C12H18ClN3. The standard InChI is InChI=1S/C12H18ClN3/c1-8(2)5-10-12(13)15-11(6-9(3)4)16(10)7-14/h8-9H,5-6H2,1-4H3. The second kappa shape index (κ2) is 5.36. The van der Waals surface area contributed by atoms with Crippen LogP contribution in [0.2, 0.25) is 5.15 Å². The fourth-order valence-corrected chi connectivity index (χ4v) is 1.92. The number of hydrogen-bond acceptors (Lipinski definition) is 2. The van der Waals surface area contributed by atoms with Gasteiger partial charge in [0.15, 0.2) is 11.3 Å². The minimum Gasteiger partial charge on any atom is -0.235 e. The van der Waals surface area contributed by atoms with Crippen molar-refractivity contribution in [3.8, 4) is 6.19 Å². The van der Waals surface area contributed by atoms with Gasteiger partial charge in [0.1, 0.15) is 5.82 Å². The van der Waals surface area contributed by atoms with Gasteiger partial charge in [-0.1, -0.05) is 39.3 Å². The molecule has 0 aliphatic heterocycles. The van der Waals surface area contributed by atoms with Gasteiger partial charge in [0, 0.05) is 6.42 Å². The van der Waals surface area contributed by atoms with Crippen molar-refractivity contribution in [3.05, 3.63) is 16.7 Å². The smallest absolute Gasteiger partial charge is 0.190 e. The Bertz CT molecular complexity index is 399. The maximum Gasteiger partial charge on any atom is 0.190 e. The van der Waals surface area contributed by atoms with Crippen molar-refractivity contribution in [2.75, 3.05) is 0 Å². The number of hydrogen-bond donors (Lipinski definition) is 0. The summed E-state index contributed by atoms with van der Waals surface area (Å²) in [5.41, 5.74) is 0.842. The molecule has 0 bridgehead atoms. The molecule has 1 rings (SSSR count). The molecule has 0 saturated heterocycles. The van der Waals surface area contributed by atoms with E-state index in [4.69, 9.17) is 16.9 Å². The molecular weight excluding hydrogens is 222 g/mol. The van der Waals surface area contributed by atoms with E-state index in [9.17, 15) is 0 Å². The molecule has 0 unspecified atom stereocenters. The van der Waals surface area contributed by atoms with Crippen LogP contribution in [0.25, 0.3) is 0 Å². The van der Waals surface area contributed by atoms with Gasteiger partial charge in [0.05, 0.1) is 5.69 Å². The minimum absolute atomic E-state index is 0.466. The Labute approximate surface area is 102 Å². The van der Waals surface area contributed by atoms with Gasteiger partial charge in [0.25, 0.3) is 0 Å². The highest BCUT2D eigenvalue weighted by molar-refractivity contribution is 6.30. The maximum absolute atomic E-state index is 9.15. The number of halogens is 1. The average Bonchev–Trinajstić information content (AvgIpc) is 2.41. The van der Waals surface area contributed by atoms with Gasteiger partial charge in [-0.3, -0.25) is 0 Å². The lowest BCUT2D eigenvalue weighted by Gasteiger charge is -2.06. The van der Waals surface area contributed by atoms with Crippen LogP contribution in [0.4, 0.5) is 0 Å². The summed E-state index contributed by atoms with van der Waals surface area (Å²) in [6, 6.07) is 0. The predicted octanol–water partition coefficient (Wildman–Crippen LogP) is 3.26. The van der Waals surface area contributed by atoms with Crippen LogP contribution in [0, 0.1) is 23.3 Å². The zero-order valence-corrected chi connectivity index (χ0v) is 11.0. The molecule has 1 aromatic heterocycles. The fourth-order valence-electron chi connectivity index (χ4n) is 1.66. The lowest BCUT2D eigenvalue weighted by molar-refractivity contribution is 0.598. The van der Waals surface area contributed by atoms with Crippen molar-refractivity contribution in [1.29, 1.82) is 5.26 Å². The van der Waals surface area contributed by atoms with Crippen LogP contribution in [0.15, 0.2) is 0 Å². The summed E-state index contributed by atoms with van der Waals surface area (Å²) in [5, 5.41) is 9.63. The quantitative estimate of drug-likeness (QED) is 0.809. The van der Waals surface area contributed by atoms with E-state index in [2.05, 4.69) is 38.9 Å². The third-order valence-corrected chi connectivity index (χ3v) is 2.59. The average molecular weight is 240 g/mol. The second-order valence-electron chi connectivity index (χ2n) is 4.90. The van der Waals surface area contributed by atoms with Gasteiger partial charge >= 0.3 is 0 Å². The van der Waals surface area contributed by atoms with Gasteiger partial charge in [-0.2, -0.15) is 5.26 Å². The Hall–Kier alpha value is -1.01. The number of nitrogens with zero attached hydrogens (tertiary/aromatic N) is 3. The van der Waals surface area contributed by atoms with Crippen LogP contribution in [0.5, 0.6) is 0 Å². The largest absolute Gasteiger partial charge is 0.235 e. The van der Waals surface area contributed by atoms with E-state index < -0.39 is 0 Å². The van der Waals surface area contributed by atoms with E-state index in [-0.39, 0.29) is 0 Å². The molecule has 16 heavy (non-hydrogen) atoms. The first-order valence-corrected chi connectivity index (χ1v) is 5.99. The van der Waals surface area contributed by atoms with Crippen LogP contribution in [0.1, 0.15) is 39.2 Å². The molecule has 88 valence electrons. The van der Waals surface area contributed by atoms with Crippen molar-refractivity contribution in [3.63, 3.8) is 0 Å². The zero-order valence-electron chi connectivity index (χ0n) is 10.3. The first-order valence-electron chi connectivity index (χ1n) is 5.61. The van der Waals surface area contributed by atoms with Gasteiger partial charge < -0.3 is 0 Å². The Morgan fingerprint density at radius 1 is 1.25 bits per heavy atom. The Morgan fingerprint density at radius 3 is 2.25 bits per heavy atom. The highest BCUT2D eigenvalue weighted by Gasteiger charge is 2.17. The van der Waals surface area contributed by atoms with E-state index >= 15 is 0 Å². The molecule has 0 amide bonds. The lowest BCUT2D eigenvalue weighted by atomic mass is 10.1. The van der Waals surface area contributed by atoms with Crippen LogP contribution in [0.3, 0.4) is 0 Å². The van der Waals surface area contributed by atoms with E-state index in [1.807, 2.05) is 0 Å². The first kappa shape index (κ1) is 13.1. The third kappa shape index (κ3) is 2.99. The molecule has 4 heteroatoms.